The average Bonchev–Trinajstić information content (AvgIpc) is 2.55. The minimum atomic E-state index is -0.562. The predicted molar refractivity (Wildman–Crippen MR) is 86.6 cm³/mol. The number of rotatable bonds is 7. The number of carbonyl (C=O) groups is 1. The lowest BCUT2D eigenvalue weighted by molar-refractivity contribution is -0.144. The van der Waals surface area contributed by atoms with E-state index in [-0.39, 0.29) is 19.2 Å². The summed E-state index contributed by atoms with van der Waals surface area (Å²) in [7, 11) is -0.562. The second-order valence-corrected chi connectivity index (χ2v) is 6.85. The van der Waals surface area contributed by atoms with Gasteiger partial charge in [0.1, 0.15) is 6.61 Å². The van der Waals surface area contributed by atoms with Gasteiger partial charge in [0, 0.05) is 0 Å². The van der Waals surface area contributed by atoms with Gasteiger partial charge in [-0.25, -0.2) is 0 Å². The minimum absolute atomic E-state index is 0.0768. The molecule has 0 aliphatic heterocycles. The molecule has 0 heterocycles. The molecule has 0 aromatic heterocycles. The topological polar surface area (TPSA) is 46.5 Å². The summed E-state index contributed by atoms with van der Waals surface area (Å²) in [5.41, 5.74) is 0. The number of aliphatic hydroxyl groups excluding tert-OH is 1. The van der Waals surface area contributed by atoms with Crippen molar-refractivity contribution in [2.24, 2.45) is 0 Å². The van der Waals surface area contributed by atoms with Crippen molar-refractivity contribution in [3.05, 3.63) is 60.7 Å². The van der Waals surface area contributed by atoms with Crippen molar-refractivity contribution in [1.82, 2.24) is 0 Å². The fourth-order valence-corrected chi connectivity index (χ4v) is 4.34. The molecule has 0 amide bonds. The fraction of sp³-hybridized carbons (Fsp3) is 0.235. The maximum absolute atomic E-state index is 11.6. The first-order chi connectivity index (χ1) is 10.3. The molecule has 21 heavy (non-hydrogen) atoms. The quantitative estimate of drug-likeness (QED) is 0.629. The molecule has 2 rings (SSSR count). The van der Waals surface area contributed by atoms with Crippen LogP contribution in [0.5, 0.6) is 0 Å². The molecule has 2 aromatic rings. The molecule has 0 radical (unpaired) electrons. The van der Waals surface area contributed by atoms with Crippen LogP contribution < -0.4 is 10.6 Å². The largest absolute Gasteiger partial charge is 0.463 e. The third-order valence-corrected chi connectivity index (χ3v) is 5.54. The number of aliphatic hydroxyl groups is 1. The van der Waals surface area contributed by atoms with Crippen LogP contribution in [-0.2, 0) is 9.53 Å². The highest BCUT2D eigenvalue weighted by atomic mass is 31.1. The Morgan fingerprint density at radius 3 is 1.95 bits per heavy atom. The Bertz CT molecular complexity index is 503. The van der Waals surface area contributed by atoms with Gasteiger partial charge in [0.2, 0.25) is 0 Å². The monoisotopic (exact) mass is 302 g/mol. The molecule has 110 valence electrons. The van der Waals surface area contributed by atoms with Crippen LogP contribution in [0.15, 0.2) is 60.7 Å². The minimum Gasteiger partial charge on any atom is -0.463 e. The van der Waals surface area contributed by atoms with Crippen LogP contribution in [-0.4, -0.2) is 30.5 Å². The summed E-state index contributed by atoms with van der Waals surface area (Å²) in [5, 5.41) is 11.2. The summed E-state index contributed by atoms with van der Waals surface area (Å²) in [6.07, 6.45) is 1.13. The van der Waals surface area contributed by atoms with E-state index in [0.29, 0.717) is 6.42 Å². The van der Waals surface area contributed by atoms with Crippen LogP contribution in [0.25, 0.3) is 0 Å². The van der Waals surface area contributed by atoms with Crippen molar-refractivity contribution in [1.29, 1.82) is 0 Å². The highest BCUT2D eigenvalue weighted by Gasteiger charge is 2.15. The van der Waals surface area contributed by atoms with Gasteiger partial charge in [-0.2, -0.15) is 0 Å². The number of carbonyl (C=O) groups excluding carboxylic acids is 1. The molecule has 0 spiro atoms. The summed E-state index contributed by atoms with van der Waals surface area (Å²) in [4.78, 5) is 11.6. The molecule has 0 saturated carbocycles. The third-order valence-electron chi connectivity index (χ3n) is 3.03. The van der Waals surface area contributed by atoms with Gasteiger partial charge in [-0.05, 0) is 24.7 Å². The van der Waals surface area contributed by atoms with Gasteiger partial charge in [-0.1, -0.05) is 60.7 Å². The predicted octanol–water partition coefficient (Wildman–Crippen LogP) is 2.04. The van der Waals surface area contributed by atoms with Crippen molar-refractivity contribution in [2.45, 2.75) is 6.42 Å². The van der Waals surface area contributed by atoms with E-state index < -0.39 is 7.92 Å². The Balaban J connectivity index is 2.09. The molecule has 2 aromatic carbocycles. The van der Waals surface area contributed by atoms with E-state index >= 15 is 0 Å². The summed E-state index contributed by atoms with van der Waals surface area (Å²) < 4.78 is 4.93. The maximum Gasteiger partial charge on any atom is 0.306 e. The highest BCUT2D eigenvalue weighted by Crippen LogP contribution is 2.34. The molecule has 0 atom stereocenters. The summed E-state index contributed by atoms with van der Waals surface area (Å²) in [6, 6.07) is 20.5. The van der Waals surface area contributed by atoms with Crippen molar-refractivity contribution in [3.8, 4) is 0 Å². The van der Waals surface area contributed by atoms with Gasteiger partial charge in [0.05, 0.1) is 13.0 Å². The Kier molecular flexibility index (Phi) is 6.39. The maximum atomic E-state index is 11.6. The van der Waals surface area contributed by atoms with Gasteiger partial charge >= 0.3 is 5.97 Å². The lowest BCUT2D eigenvalue weighted by Crippen LogP contribution is -2.17. The first-order valence-corrected chi connectivity index (χ1v) is 8.48. The zero-order valence-electron chi connectivity index (χ0n) is 11.8. The normalized spacial score (nSPS) is 10.6. The second kappa shape index (κ2) is 8.56. The summed E-state index contributed by atoms with van der Waals surface area (Å²) in [5.74, 6) is -0.247. The zero-order valence-corrected chi connectivity index (χ0v) is 12.7. The van der Waals surface area contributed by atoms with Crippen LogP contribution in [0.2, 0.25) is 0 Å². The lowest BCUT2D eigenvalue weighted by Gasteiger charge is -2.18. The molecule has 0 aliphatic rings. The van der Waals surface area contributed by atoms with E-state index in [1.807, 2.05) is 36.4 Å². The first-order valence-electron chi connectivity index (χ1n) is 6.95. The van der Waals surface area contributed by atoms with Gasteiger partial charge in [0.25, 0.3) is 0 Å². The Labute approximate surface area is 126 Å². The van der Waals surface area contributed by atoms with E-state index in [1.165, 1.54) is 10.6 Å². The number of esters is 1. The standard InChI is InChI=1S/C17H19O3P/c18-12-13-20-17(19)11-14-21(15-7-3-1-4-8-15)16-9-5-2-6-10-16/h1-10,18H,11-14H2. The molecule has 0 bridgehead atoms. The van der Waals surface area contributed by atoms with Crippen molar-refractivity contribution >= 4 is 24.5 Å². The smallest absolute Gasteiger partial charge is 0.306 e. The number of benzene rings is 2. The first kappa shape index (κ1) is 15.7. The van der Waals surface area contributed by atoms with Crippen LogP contribution in [0.3, 0.4) is 0 Å². The molecule has 0 aliphatic carbocycles. The number of ether oxygens (including phenoxy) is 1. The van der Waals surface area contributed by atoms with Crippen molar-refractivity contribution in [3.63, 3.8) is 0 Å². The van der Waals surface area contributed by atoms with Crippen LogP contribution in [0, 0.1) is 0 Å². The highest BCUT2D eigenvalue weighted by molar-refractivity contribution is 7.73. The van der Waals surface area contributed by atoms with Gasteiger partial charge in [0.15, 0.2) is 0 Å². The summed E-state index contributed by atoms with van der Waals surface area (Å²) in [6.45, 7) is -0.0503. The molecular weight excluding hydrogens is 283 g/mol. The third kappa shape index (κ3) is 4.96. The van der Waals surface area contributed by atoms with Crippen LogP contribution >= 0.6 is 7.92 Å². The lowest BCUT2D eigenvalue weighted by atomic mass is 10.4. The van der Waals surface area contributed by atoms with E-state index in [4.69, 9.17) is 9.84 Å². The van der Waals surface area contributed by atoms with E-state index in [1.54, 1.807) is 0 Å². The molecule has 0 unspecified atom stereocenters. The number of hydrogen-bond donors (Lipinski definition) is 1. The zero-order chi connectivity index (χ0) is 14.9. The van der Waals surface area contributed by atoms with Gasteiger partial charge in [-0.3, -0.25) is 4.79 Å². The fourth-order valence-electron chi connectivity index (χ4n) is 2.06. The Morgan fingerprint density at radius 1 is 0.952 bits per heavy atom. The molecule has 3 nitrogen and oxygen atoms in total. The van der Waals surface area contributed by atoms with Crippen LogP contribution in [0.4, 0.5) is 0 Å². The van der Waals surface area contributed by atoms with Gasteiger partial charge in [-0.15, -0.1) is 0 Å². The number of hydrogen-bond acceptors (Lipinski definition) is 3. The molecule has 0 saturated heterocycles. The molecule has 1 N–H and O–H groups in total. The SMILES string of the molecule is O=C(CCP(c1ccccc1)c1ccccc1)OCCO. The van der Waals surface area contributed by atoms with E-state index in [0.717, 1.165) is 6.16 Å². The molecular formula is C17H19O3P. The Hall–Kier alpha value is -1.70. The molecule has 4 heteroatoms. The van der Waals surface area contributed by atoms with E-state index in [2.05, 4.69) is 24.3 Å². The van der Waals surface area contributed by atoms with E-state index in [9.17, 15) is 4.79 Å². The van der Waals surface area contributed by atoms with Gasteiger partial charge < -0.3 is 9.84 Å². The average molecular weight is 302 g/mol. The van der Waals surface area contributed by atoms with Crippen LogP contribution in [0.1, 0.15) is 6.42 Å². The molecule has 0 fully saturated rings. The van der Waals surface area contributed by atoms with Crippen molar-refractivity contribution < 1.29 is 14.6 Å². The Morgan fingerprint density at radius 2 is 1.48 bits per heavy atom. The van der Waals surface area contributed by atoms with Crippen molar-refractivity contribution in [2.75, 3.05) is 19.4 Å². The summed E-state index contributed by atoms with van der Waals surface area (Å²) >= 11 is 0. The second-order valence-electron chi connectivity index (χ2n) is 4.52.